The summed E-state index contributed by atoms with van der Waals surface area (Å²) in [6, 6.07) is 6.22. The topological polar surface area (TPSA) is 25.8 Å². The number of halogens is 2. The Bertz CT molecular complexity index is 331. The van der Waals surface area contributed by atoms with E-state index in [-0.39, 0.29) is 0 Å². The fourth-order valence-electron chi connectivity index (χ4n) is 1.31. The van der Waals surface area contributed by atoms with Crippen LogP contribution in [-0.2, 0) is 0 Å². The van der Waals surface area contributed by atoms with Gasteiger partial charge < -0.3 is 10.1 Å². The number of benzene rings is 1. The summed E-state index contributed by atoms with van der Waals surface area (Å²) in [5.74, 6) is 0.856. The SMILES string of the molecule is CC(C)[NH2+]CCCOc1ccc(Cl)cc1Br. The van der Waals surface area contributed by atoms with Gasteiger partial charge in [-0.2, -0.15) is 0 Å². The van der Waals surface area contributed by atoms with Gasteiger partial charge in [0.15, 0.2) is 0 Å². The highest BCUT2D eigenvalue weighted by Gasteiger charge is 2.02. The van der Waals surface area contributed by atoms with Gasteiger partial charge in [0.25, 0.3) is 0 Å². The van der Waals surface area contributed by atoms with Crippen LogP contribution in [0.1, 0.15) is 20.3 Å². The highest BCUT2D eigenvalue weighted by Crippen LogP contribution is 2.27. The van der Waals surface area contributed by atoms with Gasteiger partial charge in [-0.05, 0) is 48.0 Å². The quantitative estimate of drug-likeness (QED) is 0.804. The summed E-state index contributed by atoms with van der Waals surface area (Å²) in [4.78, 5) is 0. The van der Waals surface area contributed by atoms with Crippen LogP contribution in [-0.4, -0.2) is 19.2 Å². The lowest BCUT2D eigenvalue weighted by Gasteiger charge is -2.08. The molecule has 0 aliphatic heterocycles. The Morgan fingerprint density at radius 1 is 1.44 bits per heavy atom. The zero-order chi connectivity index (χ0) is 12.0. The van der Waals surface area contributed by atoms with Gasteiger partial charge in [0.1, 0.15) is 5.75 Å². The molecule has 2 N–H and O–H groups in total. The first-order chi connectivity index (χ1) is 7.59. The lowest BCUT2D eigenvalue weighted by atomic mass is 10.3. The fourth-order valence-corrected chi connectivity index (χ4v) is 2.11. The second-order valence-electron chi connectivity index (χ2n) is 4.05. The second kappa shape index (κ2) is 7.15. The van der Waals surface area contributed by atoms with E-state index in [4.69, 9.17) is 16.3 Å². The molecule has 0 aliphatic rings. The Kier molecular flexibility index (Phi) is 6.17. The van der Waals surface area contributed by atoms with Crippen LogP contribution >= 0.6 is 27.5 Å². The molecule has 0 saturated carbocycles. The van der Waals surface area contributed by atoms with Gasteiger partial charge in [0, 0.05) is 11.4 Å². The van der Waals surface area contributed by atoms with E-state index < -0.39 is 0 Å². The molecule has 0 radical (unpaired) electrons. The van der Waals surface area contributed by atoms with Crippen molar-refractivity contribution in [3.05, 3.63) is 27.7 Å². The van der Waals surface area contributed by atoms with E-state index in [0.29, 0.717) is 11.1 Å². The molecule has 16 heavy (non-hydrogen) atoms. The molecule has 4 heteroatoms. The molecule has 0 spiro atoms. The van der Waals surface area contributed by atoms with Gasteiger partial charge in [-0.15, -0.1) is 0 Å². The van der Waals surface area contributed by atoms with E-state index in [0.717, 1.165) is 29.8 Å². The molecule has 1 aromatic carbocycles. The third kappa shape index (κ3) is 5.19. The van der Waals surface area contributed by atoms with E-state index >= 15 is 0 Å². The number of hydrogen-bond donors (Lipinski definition) is 1. The zero-order valence-electron chi connectivity index (χ0n) is 9.67. The molecule has 0 unspecified atom stereocenters. The number of ether oxygens (including phenoxy) is 1. The van der Waals surface area contributed by atoms with Crippen LogP contribution in [0.2, 0.25) is 5.02 Å². The van der Waals surface area contributed by atoms with Gasteiger partial charge >= 0.3 is 0 Å². The van der Waals surface area contributed by atoms with Gasteiger partial charge in [-0.25, -0.2) is 0 Å². The molecule has 90 valence electrons. The van der Waals surface area contributed by atoms with Crippen LogP contribution in [0.3, 0.4) is 0 Å². The summed E-state index contributed by atoms with van der Waals surface area (Å²) < 4.78 is 6.56. The Hall–Kier alpha value is -0.250. The standard InChI is InChI=1S/C12H17BrClNO/c1-9(2)15-6-3-7-16-12-5-4-10(14)8-11(12)13/h4-5,8-9,15H,3,6-7H2,1-2H3/p+1. The first-order valence-electron chi connectivity index (χ1n) is 5.51. The van der Waals surface area contributed by atoms with Crippen molar-refractivity contribution in [1.82, 2.24) is 0 Å². The predicted molar refractivity (Wildman–Crippen MR) is 71.2 cm³/mol. The second-order valence-corrected chi connectivity index (χ2v) is 5.34. The third-order valence-electron chi connectivity index (χ3n) is 2.14. The maximum atomic E-state index is 5.84. The maximum Gasteiger partial charge on any atom is 0.133 e. The van der Waals surface area contributed by atoms with Crippen molar-refractivity contribution < 1.29 is 10.1 Å². The van der Waals surface area contributed by atoms with Crippen LogP contribution in [0.5, 0.6) is 5.75 Å². The molecule has 0 saturated heterocycles. The van der Waals surface area contributed by atoms with Crippen LogP contribution in [0.25, 0.3) is 0 Å². The van der Waals surface area contributed by atoms with Crippen LogP contribution in [0.4, 0.5) is 0 Å². The van der Waals surface area contributed by atoms with Gasteiger partial charge in [0.05, 0.1) is 23.7 Å². The van der Waals surface area contributed by atoms with Crippen molar-refractivity contribution in [2.24, 2.45) is 0 Å². The summed E-state index contributed by atoms with van der Waals surface area (Å²) in [6.45, 7) is 6.22. The molecule has 2 nitrogen and oxygen atoms in total. The molecular formula is C12H18BrClNO+. The lowest BCUT2D eigenvalue weighted by Crippen LogP contribution is -2.88. The van der Waals surface area contributed by atoms with Crippen LogP contribution in [0, 0.1) is 0 Å². The van der Waals surface area contributed by atoms with Gasteiger partial charge in [-0.3, -0.25) is 0 Å². The molecule has 1 aromatic rings. The largest absolute Gasteiger partial charge is 0.492 e. The number of nitrogens with two attached hydrogens (primary N) is 1. The maximum absolute atomic E-state index is 5.84. The molecule has 0 heterocycles. The average molecular weight is 308 g/mol. The molecule has 1 rings (SSSR count). The Balaban J connectivity index is 2.27. The summed E-state index contributed by atoms with van der Waals surface area (Å²) in [7, 11) is 0. The smallest absolute Gasteiger partial charge is 0.133 e. The van der Waals surface area contributed by atoms with Crippen molar-refractivity contribution in [3.8, 4) is 5.75 Å². The normalized spacial score (nSPS) is 10.8. The Morgan fingerprint density at radius 2 is 2.19 bits per heavy atom. The van der Waals surface area contributed by atoms with Crippen molar-refractivity contribution in [3.63, 3.8) is 0 Å². The third-order valence-corrected chi connectivity index (χ3v) is 2.99. The number of hydrogen-bond acceptors (Lipinski definition) is 1. The van der Waals surface area contributed by atoms with Crippen LogP contribution < -0.4 is 10.1 Å². The summed E-state index contributed by atoms with van der Waals surface area (Å²) in [5, 5.41) is 3.02. The average Bonchev–Trinajstić information content (AvgIpc) is 2.20. The van der Waals surface area contributed by atoms with E-state index in [9.17, 15) is 0 Å². The minimum absolute atomic E-state index is 0.655. The predicted octanol–water partition coefficient (Wildman–Crippen LogP) is 2.84. The molecular weight excluding hydrogens is 289 g/mol. The summed E-state index contributed by atoms with van der Waals surface area (Å²) >= 11 is 9.27. The fraction of sp³-hybridized carbons (Fsp3) is 0.500. The monoisotopic (exact) mass is 306 g/mol. The highest BCUT2D eigenvalue weighted by molar-refractivity contribution is 9.10. The van der Waals surface area contributed by atoms with E-state index in [1.54, 1.807) is 0 Å². The van der Waals surface area contributed by atoms with E-state index in [1.165, 1.54) is 0 Å². The zero-order valence-corrected chi connectivity index (χ0v) is 12.0. The highest BCUT2D eigenvalue weighted by atomic mass is 79.9. The van der Waals surface area contributed by atoms with E-state index in [2.05, 4.69) is 35.1 Å². The summed E-state index contributed by atoms with van der Waals surface area (Å²) in [6.07, 6.45) is 1.05. The number of quaternary nitrogens is 1. The molecule has 0 amide bonds. The Labute approximate surface area is 110 Å². The molecule has 0 fully saturated rings. The van der Waals surface area contributed by atoms with Gasteiger partial charge in [-0.1, -0.05) is 11.6 Å². The van der Waals surface area contributed by atoms with Crippen molar-refractivity contribution >= 4 is 27.5 Å². The summed E-state index contributed by atoms with van der Waals surface area (Å²) in [5.41, 5.74) is 0. The minimum Gasteiger partial charge on any atom is -0.492 e. The van der Waals surface area contributed by atoms with Crippen molar-refractivity contribution in [2.75, 3.05) is 13.2 Å². The lowest BCUT2D eigenvalue weighted by molar-refractivity contribution is -0.683. The van der Waals surface area contributed by atoms with Gasteiger partial charge in [0.2, 0.25) is 0 Å². The van der Waals surface area contributed by atoms with Crippen molar-refractivity contribution in [1.29, 1.82) is 0 Å². The Morgan fingerprint density at radius 3 is 2.81 bits per heavy atom. The van der Waals surface area contributed by atoms with E-state index in [1.807, 2.05) is 18.2 Å². The van der Waals surface area contributed by atoms with Crippen molar-refractivity contribution in [2.45, 2.75) is 26.3 Å². The molecule has 0 bridgehead atoms. The minimum atomic E-state index is 0.655. The molecule has 0 atom stereocenters. The molecule has 0 aromatic heterocycles. The first kappa shape index (κ1) is 13.8. The molecule has 0 aliphatic carbocycles. The number of rotatable bonds is 6. The first-order valence-corrected chi connectivity index (χ1v) is 6.68. The van der Waals surface area contributed by atoms with Crippen LogP contribution in [0.15, 0.2) is 22.7 Å².